The van der Waals surface area contributed by atoms with Crippen molar-refractivity contribution in [1.82, 2.24) is 9.38 Å². The van der Waals surface area contributed by atoms with E-state index < -0.39 is 0 Å². The number of aromatic nitrogens is 2. The first-order chi connectivity index (χ1) is 11.1. The van der Waals surface area contributed by atoms with Crippen LogP contribution in [0.5, 0.6) is 0 Å². The number of amides is 1. The second-order valence-electron chi connectivity index (χ2n) is 6.08. The van der Waals surface area contributed by atoms with Crippen LogP contribution in [0.2, 0.25) is 0 Å². The third kappa shape index (κ3) is 3.42. The van der Waals surface area contributed by atoms with Crippen LogP contribution in [0.25, 0.3) is 16.9 Å². The molecule has 1 aromatic carbocycles. The van der Waals surface area contributed by atoms with E-state index in [2.05, 4.69) is 24.1 Å². The molecule has 0 radical (unpaired) electrons. The first kappa shape index (κ1) is 15.3. The van der Waals surface area contributed by atoms with Gasteiger partial charge in [-0.3, -0.25) is 9.20 Å². The van der Waals surface area contributed by atoms with Gasteiger partial charge in [-0.1, -0.05) is 50.2 Å². The minimum absolute atomic E-state index is 0.0292. The van der Waals surface area contributed by atoms with Crippen LogP contribution >= 0.6 is 0 Å². The average Bonchev–Trinajstić information content (AvgIpc) is 2.92. The number of fused-ring (bicyclic) bond motifs is 1. The van der Waals surface area contributed by atoms with Crippen molar-refractivity contribution >= 4 is 17.4 Å². The monoisotopic (exact) mass is 307 g/mol. The molecular formula is C19H21N3O. The second-order valence-corrected chi connectivity index (χ2v) is 6.08. The highest BCUT2D eigenvalue weighted by atomic mass is 16.1. The molecule has 0 aliphatic heterocycles. The largest absolute Gasteiger partial charge is 0.310 e. The number of hydrogen-bond donors (Lipinski definition) is 1. The van der Waals surface area contributed by atoms with Gasteiger partial charge in [-0.05, 0) is 24.5 Å². The van der Waals surface area contributed by atoms with E-state index in [1.807, 2.05) is 59.1 Å². The summed E-state index contributed by atoms with van der Waals surface area (Å²) in [5.74, 6) is 1.28. The van der Waals surface area contributed by atoms with Gasteiger partial charge in [-0.2, -0.15) is 0 Å². The number of carbonyl (C=O) groups is 1. The van der Waals surface area contributed by atoms with E-state index in [1.54, 1.807) is 0 Å². The van der Waals surface area contributed by atoms with Gasteiger partial charge < -0.3 is 5.32 Å². The highest BCUT2D eigenvalue weighted by Crippen LogP contribution is 2.28. The molecule has 2 aromatic heterocycles. The Morgan fingerprint density at radius 1 is 1.13 bits per heavy atom. The van der Waals surface area contributed by atoms with Crippen molar-refractivity contribution in [2.24, 2.45) is 5.92 Å². The summed E-state index contributed by atoms with van der Waals surface area (Å²) in [6.07, 6.45) is 3.32. The smallest absolute Gasteiger partial charge is 0.225 e. The Morgan fingerprint density at radius 2 is 1.87 bits per heavy atom. The normalized spacial score (nSPS) is 11.1. The van der Waals surface area contributed by atoms with Crippen LogP contribution in [0, 0.1) is 5.92 Å². The van der Waals surface area contributed by atoms with Gasteiger partial charge in [0.1, 0.15) is 17.2 Å². The zero-order valence-corrected chi connectivity index (χ0v) is 13.5. The Labute approximate surface area is 136 Å². The summed E-state index contributed by atoms with van der Waals surface area (Å²) >= 11 is 0. The molecule has 0 atom stereocenters. The molecule has 2 heterocycles. The highest BCUT2D eigenvalue weighted by molar-refractivity contribution is 5.94. The number of anilines is 1. The lowest BCUT2D eigenvalue weighted by molar-refractivity contribution is -0.116. The van der Waals surface area contributed by atoms with Crippen molar-refractivity contribution < 1.29 is 4.79 Å². The zero-order chi connectivity index (χ0) is 16.2. The molecule has 3 aromatic rings. The number of benzene rings is 1. The van der Waals surface area contributed by atoms with Gasteiger partial charge in [-0.25, -0.2) is 4.98 Å². The number of pyridine rings is 1. The van der Waals surface area contributed by atoms with Gasteiger partial charge >= 0.3 is 0 Å². The zero-order valence-electron chi connectivity index (χ0n) is 13.5. The number of nitrogens with one attached hydrogen (secondary N) is 1. The Morgan fingerprint density at radius 3 is 2.61 bits per heavy atom. The lowest BCUT2D eigenvalue weighted by atomic mass is 10.1. The van der Waals surface area contributed by atoms with Gasteiger partial charge in [0.05, 0.1) is 0 Å². The van der Waals surface area contributed by atoms with Crippen molar-refractivity contribution in [2.75, 3.05) is 5.32 Å². The predicted octanol–water partition coefficient (Wildman–Crippen LogP) is 4.38. The lowest BCUT2D eigenvalue weighted by Gasteiger charge is -2.09. The molecule has 0 aliphatic rings. The van der Waals surface area contributed by atoms with E-state index >= 15 is 0 Å². The quantitative estimate of drug-likeness (QED) is 0.760. The SMILES string of the molecule is CC(C)CCC(=O)Nc1c(-c2ccccc2)nc2ccccn12. The number of rotatable bonds is 5. The van der Waals surface area contributed by atoms with Crippen molar-refractivity contribution in [3.63, 3.8) is 0 Å². The first-order valence-corrected chi connectivity index (χ1v) is 7.97. The molecule has 0 saturated heterocycles. The molecule has 0 spiro atoms. The van der Waals surface area contributed by atoms with E-state index in [9.17, 15) is 4.79 Å². The summed E-state index contributed by atoms with van der Waals surface area (Å²) < 4.78 is 1.93. The number of nitrogens with zero attached hydrogens (tertiary/aromatic N) is 2. The molecule has 4 heteroatoms. The minimum Gasteiger partial charge on any atom is -0.310 e. The van der Waals surface area contributed by atoms with Crippen molar-refractivity contribution in [1.29, 1.82) is 0 Å². The van der Waals surface area contributed by atoms with Gasteiger partial charge in [-0.15, -0.1) is 0 Å². The van der Waals surface area contributed by atoms with Crippen LogP contribution in [-0.2, 0) is 4.79 Å². The van der Waals surface area contributed by atoms with Gasteiger partial charge in [0.15, 0.2) is 0 Å². The summed E-state index contributed by atoms with van der Waals surface area (Å²) in [7, 11) is 0. The molecule has 0 fully saturated rings. The van der Waals surface area contributed by atoms with E-state index in [1.165, 1.54) is 0 Å². The summed E-state index contributed by atoms with van der Waals surface area (Å²) in [6, 6.07) is 15.8. The molecule has 1 amide bonds. The maximum Gasteiger partial charge on any atom is 0.225 e. The lowest BCUT2D eigenvalue weighted by Crippen LogP contribution is -2.14. The third-order valence-corrected chi connectivity index (χ3v) is 3.78. The summed E-state index contributed by atoms with van der Waals surface area (Å²) in [4.78, 5) is 17.0. The van der Waals surface area contributed by atoms with Crippen molar-refractivity contribution in [3.8, 4) is 11.3 Å². The molecule has 0 aliphatic carbocycles. The van der Waals surface area contributed by atoms with Gasteiger partial charge in [0.2, 0.25) is 5.91 Å². The van der Waals surface area contributed by atoms with Crippen molar-refractivity contribution in [2.45, 2.75) is 26.7 Å². The molecular weight excluding hydrogens is 286 g/mol. The van der Waals surface area contributed by atoms with Gasteiger partial charge in [0.25, 0.3) is 0 Å². The number of imidazole rings is 1. The Balaban J connectivity index is 1.98. The molecule has 1 N–H and O–H groups in total. The Hall–Kier alpha value is -2.62. The average molecular weight is 307 g/mol. The standard InChI is InChI=1S/C19H21N3O/c1-14(2)11-12-17(23)21-19-18(15-8-4-3-5-9-15)20-16-10-6-7-13-22(16)19/h3-10,13-14H,11-12H2,1-2H3,(H,21,23). The van der Waals surface area contributed by atoms with Crippen LogP contribution in [0.4, 0.5) is 5.82 Å². The van der Waals surface area contributed by atoms with E-state index in [-0.39, 0.29) is 5.91 Å². The highest BCUT2D eigenvalue weighted by Gasteiger charge is 2.16. The van der Waals surface area contributed by atoms with Crippen LogP contribution < -0.4 is 5.32 Å². The molecule has 0 unspecified atom stereocenters. The Kier molecular flexibility index (Phi) is 4.42. The second kappa shape index (κ2) is 6.65. The van der Waals surface area contributed by atoms with Crippen LogP contribution in [0.1, 0.15) is 26.7 Å². The van der Waals surface area contributed by atoms with E-state index in [0.717, 1.165) is 29.1 Å². The molecule has 118 valence electrons. The topological polar surface area (TPSA) is 46.4 Å². The molecule has 0 saturated carbocycles. The maximum atomic E-state index is 12.3. The fraction of sp³-hybridized carbons (Fsp3) is 0.263. The van der Waals surface area contributed by atoms with Crippen LogP contribution in [-0.4, -0.2) is 15.3 Å². The fourth-order valence-electron chi connectivity index (χ4n) is 2.53. The van der Waals surface area contributed by atoms with Gasteiger partial charge in [0, 0.05) is 18.2 Å². The third-order valence-electron chi connectivity index (χ3n) is 3.78. The number of hydrogen-bond acceptors (Lipinski definition) is 2. The molecule has 3 rings (SSSR count). The summed E-state index contributed by atoms with van der Waals surface area (Å²) in [5, 5.41) is 3.05. The molecule has 0 bridgehead atoms. The first-order valence-electron chi connectivity index (χ1n) is 7.97. The van der Waals surface area contributed by atoms with Crippen LogP contribution in [0.3, 0.4) is 0 Å². The number of carbonyl (C=O) groups excluding carboxylic acids is 1. The van der Waals surface area contributed by atoms with E-state index in [4.69, 9.17) is 0 Å². The van der Waals surface area contributed by atoms with Crippen molar-refractivity contribution in [3.05, 3.63) is 54.7 Å². The molecule has 4 nitrogen and oxygen atoms in total. The van der Waals surface area contributed by atoms with E-state index in [0.29, 0.717) is 12.3 Å². The van der Waals surface area contributed by atoms with Crippen LogP contribution in [0.15, 0.2) is 54.7 Å². The Bertz CT molecular complexity index is 806. The minimum atomic E-state index is 0.0292. The predicted molar refractivity (Wildman–Crippen MR) is 93.3 cm³/mol. The summed E-state index contributed by atoms with van der Waals surface area (Å²) in [6.45, 7) is 4.24. The molecule has 23 heavy (non-hydrogen) atoms. The fourth-order valence-corrected chi connectivity index (χ4v) is 2.53. The summed E-state index contributed by atoms with van der Waals surface area (Å²) in [5.41, 5.74) is 2.62. The maximum absolute atomic E-state index is 12.3.